The molecule has 0 aliphatic heterocycles. The summed E-state index contributed by atoms with van der Waals surface area (Å²) in [6, 6.07) is 0. The van der Waals surface area contributed by atoms with E-state index in [9.17, 15) is 4.79 Å². The van der Waals surface area contributed by atoms with Crippen LogP contribution in [0.1, 0.15) is 6.42 Å². The van der Waals surface area contributed by atoms with Gasteiger partial charge in [0.1, 0.15) is 0 Å². The van der Waals surface area contributed by atoms with Crippen molar-refractivity contribution in [3.05, 3.63) is 36.1 Å². The van der Waals surface area contributed by atoms with E-state index in [2.05, 4.69) is 6.58 Å². The largest absolute Gasteiger partial charge is 0.515 e. The molecule has 0 radical (unpaired) electrons. The Labute approximate surface area is 59.2 Å². The van der Waals surface area contributed by atoms with Crippen LogP contribution in [0.4, 0.5) is 0 Å². The quantitative estimate of drug-likeness (QED) is 0.512. The first-order valence-electron chi connectivity index (χ1n) is 2.97. The van der Waals surface area contributed by atoms with Crippen molar-refractivity contribution in [1.29, 1.82) is 0 Å². The standard InChI is InChI=1S/C8H8O2/c1-6-4-8(10)3-2-7(6)5-9/h2-3,5,9H,1,4H2. The molecular weight excluding hydrogens is 128 g/mol. The monoisotopic (exact) mass is 136 g/mol. The summed E-state index contributed by atoms with van der Waals surface area (Å²) in [5.74, 6) is 0.0376. The zero-order chi connectivity index (χ0) is 7.56. The van der Waals surface area contributed by atoms with Gasteiger partial charge >= 0.3 is 0 Å². The predicted octanol–water partition coefficient (Wildman–Crippen LogP) is 1.51. The molecule has 1 N–H and O–H groups in total. The summed E-state index contributed by atoms with van der Waals surface area (Å²) in [5, 5.41) is 8.56. The maximum Gasteiger partial charge on any atom is 0.160 e. The van der Waals surface area contributed by atoms with Crippen LogP contribution in [0, 0.1) is 0 Å². The van der Waals surface area contributed by atoms with Crippen molar-refractivity contribution in [2.45, 2.75) is 6.42 Å². The van der Waals surface area contributed by atoms with E-state index in [1.54, 1.807) is 6.08 Å². The molecule has 0 amide bonds. The third-order valence-electron chi connectivity index (χ3n) is 1.38. The number of hydrogen-bond donors (Lipinski definition) is 1. The number of allylic oxidation sites excluding steroid dienone is 4. The lowest BCUT2D eigenvalue weighted by Gasteiger charge is -2.07. The van der Waals surface area contributed by atoms with Crippen molar-refractivity contribution in [3.63, 3.8) is 0 Å². The normalized spacial score (nSPS) is 22.2. The fraction of sp³-hybridized carbons (Fsp3) is 0.125. The Balaban J connectivity index is 2.93. The predicted molar refractivity (Wildman–Crippen MR) is 38.6 cm³/mol. The van der Waals surface area contributed by atoms with Crippen molar-refractivity contribution in [2.75, 3.05) is 0 Å². The van der Waals surface area contributed by atoms with Gasteiger partial charge in [0, 0.05) is 12.0 Å². The van der Waals surface area contributed by atoms with Gasteiger partial charge in [-0.15, -0.1) is 0 Å². The van der Waals surface area contributed by atoms with Crippen LogP contribution in [-0.4, -0.2) is 10.9 Å². The topological polar surface area (TPSA) is 37.3 Å². The van der Waals surface area contributed by atoms with Crippen LogP contribution in [-0.2, 0) is 4.79 Å². The van der Waals surface area contributed by atoms with Crippen molar-refractivity contribution in [2.24, 2.45) is 0 Å². The summed E-state index contributed by atoms with van der Waals surface area (Å²) in [6.45, 7) is 3.62. The zero-order valence-electron chi connectivity index (χ0n) is 5.50. The zero-order valence-corrected chi connectivity index (χ0v) is 5.50. The van der Waals surface area contributed by atoms with Gasteiger partial charge in [0.05, 0.1) is 6.26 Å². The summed E-state index contributed by atoms with van der Waals surface area (Å²) in [6.07, 6.45) is 4.29. The van der Waals surface area contributed by atoms with Gasteiger partial charge in [0.15, 0.2) is 5.78 Å². The Kier molecular flexibility index (Phi) is 1.71. The summed E-state index contributed by atoms with van der Waals surface area (Å²) >= 11 is 0. The average molecular weight is 136 g/mol. The molecule has 1 aliphatic carbocycles. The molecule has 0 saturated carbocycles. The molecule has 0 aromatic heterocycles. The number of rotatable bonds is 0. The van der Waals surface area contributed by atoms with E-state index in [4.69, 9.17) is 5.11 Å². The molecule has 0 spiro atoms. The Morgan fingerprint density at radius 3 is 2.80 bits per heavy atom. The van der Waals surface area contributed by atoms with E-state index in [1.807, 2.05) is 0 Å². The number of aliphatic hydroxyl groups excluding tert-OH is 1. The minimum absolute atomic E-state index is 0.0376. The molecule has 0 saturated heterocycles. The number of aliphatic hydroxyl groups is 1. The van der Waals surface area contributed by atoms with Crippen molar-refractivity contribution < 1.29 is 9.90 Å². The van der Waals surface area contributed by atoms with Crippen LogP contribution >= 0.6 is 0 Å². The molecule has 0 bridgehead atoms. The molecule has 2 heteroatoms. The van der Waals surface area contributed by atoms with Crippen LogP contribution in [0.3, 0.4) is 0 Å². The molecule has 0 unspecified atom stereocenters. The molecule has 0 fully saturated rings. The van der Waals surface area contributed by atoms with Gasteiger partial charge in [-0.2, -0.15) is 0 Å². The van der Waals surface area contributed by atoms with E-state index in [0.29, 0.717) is 17.6 Å². The minimum atomic E-state index is 0.0376. The van der Waals surface area contributed by atoms with Crippen LogP contribution in [0.15, 0.2) is 36.1 Å². The summed E-state index contributed by atoms with van der Waals surface area (Å²) < 4.78 is 0. The number of ketones is 1. The lowest BCUT2D eigenvalue weighted by molar-refractivity contribution is -0.114. The number of carbonyl (C=O) groups is 1. The van der Waals surface area contributed by atoms with Gasteiger partial charge in [-0.3, -0.25) is 4.79 Å². The molecule has 52 valence electrons. The van der Waals surface area contributed by atoms with Gasteiger partial charge in [0.25, 0.3) is 0 Å². The van der Waals surface area contributed by atoms with Crippen molar-refractivity contribution in [3.8, 4) is 0 Å². The Bertz CT molecular complexity index is 234. The summed E-state index contributed by atoms with van der Waals surface area (Å²) in [7, 11) is 0. The van der Waals surface area contributed by atoms with E-state index in [-0.39, 0.29) is 5.78 Å². The van der Waals surface area contributed by atoms with Gasteiger partial charge in [-0.25, -0.2) is 0 Å². The van der Waals surface area contributed by atoms with Crippen LogP contribution in [0.25, 0.3) is 0 Å². The van der Waals surface area contributed by atoms with Crippen LogP contribution in [0.2, 0.25) is 0 Å². The fourth-order valence-electron chi connectivity index (χ4n) is 0.806. The second-order valence-corrected chi connectivity index (χ2v) is 2.16. The molecule has 10 heavy (non-hydrogen) atoms. The van der Waals surface area contributed by atoms with Crippen LogP contribution in [0.5, 0.6) is 0 Å². The third-order valence-corrected chi connectivity index (χ3v) is 1.38. The van der Waals surface area contributed by atoms with Gasteiger partial charge in [-0.05, 0) is 17.7 Å². The van der Waals surface area contributed by atoms with E-state index in [0.717, 1.165) is 6.26 Å². The van der Waals surface area contributed by atoms with Crippen molar-refractivity contribution >= 4 is 5.78 Å². The van der Waals surface area contributed by atoms with Gasteiger partial charge < -0.3 is 5.11 Å². The molecule has 0 atom stereocenters. The lowest BCUT2D eigenvalue weighted by Crippen LogP contribution is -2.02. The smallest absolute Gasteiger partial charge is 0.160 e. The van der Waals surface area contributed by atoms with E-state index < -0.39 is 0 Å². The Morgan fingerprint density at radius 1 is 1.60 bits per heavy atom. The highest BCUT2D eigenvalue weighted by atomic mass is 16.2. The highest BCUT2D eigenvalue weighted by Crippen LogP contribution is 2.17. The second kappa shape index (κ2) is 2.52. The molecule has 1 aliphatic rings. The SMILES string of the molecule is C=C1CC(=O)C=CC1=CO. The molecule has 0 aromatic rings. The molecule has 0 aromatic carbocycles. The number of hydrogen-bond acceptors (Lipinski definition) is 2. The minimum Gasteiger partial charge on any atom is -0.515 e. The van der Waals surface area contributed by atoms with Crippen LogP contribution < -0.4 is 0 Å². The first-order valence-corrected chi connectivity index (χ1v) is 2.97. The second-order valence-electron chi connectivity index (χ2n) is 2.16. The highest BCUT2D eigenvalue weighted by molar-refractivity contribution is 5.94. The maximum absolute atomic E-state index is 10.7. The lowest BCUT2D eigenvalue weighted by atomic mass is 9.97. The molecule has 2 nitrogen and oxygen atoms in total. The van der Waals surface area contributed by atoms with Crippen molar-refractivity contribution in [1.82, 2.24) is 0 Å². The Morgan fingerprint density at radius 2 is 2.30 bits per heavy atom. The molecule has 0 heterocycles. The fourth-order valence-corrected chi connectivity index (χ4v) is 0.806. The maximum atomic E-state index is 10.7. The molecule has 1 rings (SSSR count). The summed E-state index contributed by atoms with van der Waals surface area (Å²) in [5.41, 5.74) is 1.31. The Hall–Kier alpha value is -1.31. The van der Waals surface area contributed by atoms with E-state index >= 15 is 0 Å². The third kappa shape index (κ3) is 1.16. The number of carbonyl (C=O) groups excluding carboxylic acids is 1. The van der Waals surface area contributed by atoms with Gasteiger partial charge in [0.2, 0.25) is 0 Å². The highest BCUT2D eigenvalue weighted by Gasteiger charge is 2.09. The molecular formula is C8H8O2. The van der Waals surface area contributed by atoms with Gasteiger partial charge in [-0.1, -0.05) is 6.58 Å². The summed E-state index contributed by atoms with van der Waals surface area (Å²) in [4.78, 5) is 10.7. The average Bonchev–Trinajstić information content (AvgIpc) is 1.88. The van der Waals surface area contributed by atoms with E-state index in [1.165, 1.54) is 6.08 Å². The first-order chi connectivity index (χ1) is 4.74. The first kappa shape index (κ1) is 6.81.